The second-order valence-corrected chi connectivity index (χ2v) is 8.11. The van der Waals surface area contributed by atoms with Gasteiger partial charge in [-0.3, -0.25) is 14.5 Å². The smallest absolute Gasteiger partial charge is 0.254 e. The number of carbonyl (C=O) groups is 1. The zero-order valence-electron chi connectivity index (χ0n) is 18.2. The highest BCUT2D eigenvalue weighted by molar-refractivity contribution is 5.95. The minimum absolute atomic E-state index is 0.0388. The molecule has 0 spiro atoms. The van der Waals surface area contributed by atoms with Crippen LogP contribution in [0.5, 0.6) is 11.6 Å². The van der Waals surface area contributed by atoms with Crippen LogP contribution in [0.1, 0.15) is 40.4 Å². The summed E-state index contributed by atoms with van der Waals surface area (Å²) in [7, 11) is 0. The van der Waals surface area contributed by atoms with Crippen LogP contribution in [0.4, 0.5) is 0 Å². The molecule has 0 aliphatic carbocycles. The Balaban J connectivity index is 1.36. The van der Waals surface area contributed by atoms with E-state index in [4.69, 9.17) is 4.74 Å². The van der Waals surface area contributed by atoms with Gasteiger partial charge in [0.2, 0.25) is 5.88 Å². The van der Waals surface area contributed by atoms with Crippen LogP contribution in [0, 0.1) is 0 Å². The summed E-state index contributed by atoms with van der Waals surface area (Å²) in [6.45, 7) is 1.87. The first-order valence-corrected chi connectivity index (χ1v) is 11.2. The molecule has 1 amide bonds. The Labute approximate surface area is 192 Å². The minimum Gasteiger partial charge on any atom is -0.437 e. The number of nitrogens with zero attached hydrogens (tertiary/aromatic N) is 5. The molecule has 1 saturated heterocycles. The number of carbonyl (C=O) groups excluding carboxylic acids is 1. The summed E-state index contributed by atoms with van der Waals surface area (Å²) >= 11 is 0. The highest BCUT2D eigenvalue weighted by atomic mass is 16.5. The van der Waals surface area contributed by atoms with Gasteiger partial charge in [-0.2, -0.15) is 5.10 Å². The molecule has 7 nitrogen and oxygen atoms in total. The van der Waals surface area contributed by atoms with Crippen LogP contribution in [0.2, 0.25) is 0 Å². The van der Waals surface area contributed by atoms with Crippen molar-refractivity contribution in [1.82, 2.24) is 24.6 Å². The van der Waals surface area contributed by atoms with E-state index in [1.54, 1.807) is 18.6 Å². The minimum atomic E-state index is 0.0388. The van der Waals surface area contributed by atoms with E-state index in [1.165, 1.54) is 0 Å². The van der Waals surface area contributed by atoms with E-state index in [-0.39, 0.29) is 11.8 Å². The van der Waals surface area contributed by atoms with E-state index in [0.717, 1.165) is 36.4 Å². The van der Waals surface area contributed by atoms with Gasteiger partial charge in [0.25, 0.3) is 5.91 Å². The SMILES string of the molecule is O=C(c1ccccc1Cn1cccn1)N1CCC[C@@H](c2nccnc2Oc2ccccc2)C1. The molecule has 0 N–H and O–H groups in total. The zero-order chi connectivity index (χ0) is 22.5. The molecule has 3 heterocycles. The molecule has 0 unspecified atom stereocenters. The van der Waals surface area contributed by atoms with Gasteiger partial charge in [-0.1, -0.05) is 36.4 Å². The van der Waals surface area contributed by atoms with Crippen LogP contribution < -0.4 is 4.74 Å². The Morgan fingerprint density at radius 2 is 1.79 bits per heavy atom. The molecule has 5 rings (SSSR count). The van der Waals surface area contributed by atoms with Gasteiger partial charge in [0.1, 0.15) is 11.4 Å². The molecule has 0 radical (unpaired) electrons. The lowest BCUT2D eigenvalue weighted by molar-refractivity contribution is 0.0703. The van der Waals surface area contributed by atoms with Crippen molar-refractivity contribution in [2.24, 2.45) is 0 Å². The van der Waals surface area contributed by atoms with Crippen molar-refractivity contribution in [2.75, 3.05) is 13.1 Å². The molecule has 1 atom stereocenters. The average molecular weight is 440 g/mol. The number of ether oxygens (including phenoxy) is 1. The van der Waals surface area contributed by atoms with Crippen molar-refractivity contribution in [1.29, 1.82) is 0 Å². The van der Waals surface area contributed by atoms with Gasteiger partial charge in [-0.15, -0.1) is 0 Å². The number of hydrogen-bond acceptors (Lipinski definition) is 5. The molecule has 0 bridgehead atoms. The molecule has 1 aliphatic heterocycles. The molecule has 4 aromatic rings. The molecular weight excluding hydrogens is 414 g/mol. The molecule has 2 aromatic heterocycles. The summed E-state index contributed by atoms with van der Waals surface area (Å²) < 4.78 is 7.87. The maximum absolute atomic E-state index is 13.5. The number of rotatable bonds is 6. The Morgan fingerprint density at radius 1 is 0.970 bits per heavy atom. The molecule has 2 aromatic carbocycles. The van der Waals surface area contributed by atoms with Crippen molar-refractivity contribution < 1.29 is 9.53 Å². The molecule has 1 aliphatic rings. The third kappa shape index (κ3) is 4.77. The molecule has 33 heavy (non-hydrogen) atoms. The third-order valence-corrected chi connectivity index (χ3v) is 5.88. The molecular formula is C26H25N5O2. The third-order valence-electron chi connectivity index (χ3n) is 5.88. The van der Waals surface area contributed by atoms with Gasteiger partial charge < -0.3 is 9.64 Å². The monoisotopic (exact) mass is 439 g/mol. The summed E-state index contributed by atoms with van der Waals surface area (Å²) in [6.07, 6.45) is 8.81. The standard InChI is InChI=1S/C26H25N5O2/c32-26(23-12-5-4-8-20(23)19-31-17-7-13-29-31)30-16-6-9-21(18-30)24-25(28-15-14-27-24)33-22-10-2-1-3-11-22/h1-5,7-8,10-15,17,21H,6,9,16,18-19H2/t21-/m1/s1. The van der Waals surface area contributed by atoms with E-state index >= 15 is 0 Å². The summed E-state index contributed by atoms with van der Waals surface area (Å²) in [5.41, 5.74) is 2.47. The highest BCUT2D eigenvalue weighted by Crippen LogP contribution is 2.33. The zero-order valence-corrected chi connectivity index (χ0v) is 18.2. The number of para-hydroxylation sites is 1. The van der Waals surface area contributed by atoms with Gasteiger partial charge in [0.15, 0.2) is 0 Å². The van der Waals surface area contributed by atoms with Crippen LogP contribution >= 0.6 is 0 Å². The van der Waals surface area contributed by atoms with Crippen molar-refractivity contribution in [2.45, 2.75) is 25.3 Å². The average Bonchev–Trinajstić information content (AvgIpc) is 3.38. The Morgan fingerprint density at radius 3 is 2.64 bits per heavy atom. The fourth-order valence-electron chi connectivity index (χ4n) is 4.29. The fraction of sp³-hybridized carbons (Fsp3) is 0.231. The second kappa shape index (κ2) is 9.65. The van der Waals surface area contributed by atoms with Gasteiger partial charge in [0, 0.05) is 49.4 Å². The summed E-state index contributed by atoms with van der Waals surface area (Å²) in [5, 5.41) is 4.28. The Kier molecular flexibility index (Phi) is 6.10. The number of aromatic nitrogens is 4. The predicted molar refractivity (Wildman–Crippen MR) is 124 cm³/mol. The number of piperidine rings is 1. The quantitative estimate of drug-likeness (QED) is 0.441. The topological polar surface area (TPSA) is 73.1 Å². The summed E-state index contributed by atoms with van der Waals surface area (Å²) in [5.74, 6) is 1.32. The summed E-state index contributed by atoms with van der Waals surface area (Å²) in [4.78, 5) is 24.5. The lowest BCUT2D eigenvalue weighted by Gasteiger charge is -2.33. The van der Waals surface area contributed by atoms with Crippen molar-refractivity contribution in [3.05, 3.63) is 102 Å². The predicted octanol–water partition coefficient (Wildman–Crippen LogP) is 4.53. The van der Waals surface area contributed by atoms with E-state index in [9.17, 15) is 4.79 Å². The van der Waals surface area contributed by atoms with Gasteiger partial charge >= 0.3 is 0 Å². The molecule has 0 saturated carbocycles. The normalized spacial score (nSPS) is 15.9. The van der Waals surface area contributed by atoms with Gasteiger partial charge in [-0.05, 0) is 42.7 Å². The lowest BCUT2D eigenvalue weighted by atomic mass is 9.93. The van der Waals surface area contributed by atoms with E-state index in [1.807, 2.05) is 76.4 Å². The number of amides is 1. The van der Waals surface area contributed by atoms with Crippen molar-refractivity contribution in [3.8, 4) is 11.6 Å². The maximum Gasteiger partial charge on any atom is 0.254 e. The number of hydrogen-bond donors (Lipinski definition) is 0. The van der Waals surface area contributed by atoms with Gasteiger partial charge in [-0.25, -0.2) is 4.98 Å². The van der Waals surface area contributed by atoms with Gasteiger partial charge in [0.05, 0.1) is 6.54 Å². The first-order chi connectivity index (χ1) is 16.3. The van der Waals surface area contributed by atoms with Crippen LogP contribution in [0.25, 0.3) is 0 Å². The van der Waals surface area contributed by atoms with E-state index < -0.39 is 0 Å². The first kappa shape index (κ1) is 20.9. The fourth-order valence-corrected chi connectivity index (χ4v) is 4.29. The van der Waals surface area contributed by atoms with E-state index in [0.29, 0.717) is 24.5 Å². The van der Waals surface area contributed by atoms with Crippen molar-refractivity contribution >= 4 is 5.91 Å². The highest BCUT2D eigenvalue weighted by Gasteiger charge is 2.29. The number of benzene rings is 2. The lowest BCUT2D eigenvalue weighted by Crippen LogP contribution is -2.39. The first-order valence-electron chi connectivity index (χ1n) is 11.2. The summed E-state index contributed by atoms with van der Waals surface area (Å²) in [6, 6.07) is 19.2. The molecule has 166 valence electrons. The molecule has 7 heteroatoms. The van der Waals surface area contributed by atoms with E-state index in [2.05, 4.69) is 15.1 Å². The van der Waals surface area contributed by atoms with Crippen LogP contribution in [-0.4, -0.2) is 43.6 Å². The maximum atomic E-state index is 13.5. The second-order valence-electron chi connectivity index (χ2n) is 8.11. The Bertz CT molecular complexity index is 1210. The van der Waals surface area contributed by atoms with Crippen LogP contribution in [0.3, 0.4) is 0 Å². The van der Waals surface area contributed by atoms with Crippen LogP contribution in [0.15, 0.2) is 85.5 Å². The molecule has 1 fully saturated rings. The Hall–Kier alpha value is -4.00. The largest absolute Gasteiger partial charge is 0.437 e. The number of likely N-dealkylation sites (tertiary alicyclic amines) is 1. The van der Waals surface area contributed by atoms with Crippen LogP contribution in [-0.2, 0) is 6.54 Å². The van der Waals surface area contributed by atoms with Crippen molar-refractivity contribution in [3.63, 3.8) is 0 Å².